The van der Waals surface area contributed by atoms with Gasteiger partial charge >= 0.3 is 0 Å². The monoisotopic (exact) mass is 251 g/mol. The standard InChI is InChI=1S/C13H21N3O2/c1-4-14-8-10(2)13(17)16-9-11-5-6-15-12(7-11)18-3/h5-7,10,14H,4,8-9H2,1-3H3,(H,16,17). The van der Waals surface area contributed by atoms with Crippen LogP contribution in [0.1, 0.15) is 19.4 Å². The number of nitrogens with one attached hydrogen (secondary N) is 2. The Bertz CT molecular complexity index is 382. The molecule has 0 radical (unpaired) electrons. The number of ether oxygens (including phenoxy) is 1. The lowest BCUT2D eigenvalue weighted by Crippen LogP contribution is -2.34. The van der Waals surface area contributed by atoms with Crippen LogP contribution in [0.2, 0.25) is 0 Å². The van der Waals surface area contributed by atoms with Gasteiger partial charge in [-0.3, -0.25) is 4.79 Å². The van der Waals surface area contributed by atoms with Crippen molar-refractivity contribution in [2.24, 2.45) is 5.92 Å². The van der Waals surface area contributed by atoms with Crippen molar-refractivity contribution in [2.75, 3.05) is 20.2 Å². The number of hydrogen-bond donors (Lipinski definition) is 2. The summed E-state index contributed by atoms with van der Waals surface area (Å²) in [5, 5.41) is 6.05. The molecule has 1 aromatic rings. The Balaban J connectivity index is 2.41. The number of methoxy groups -OCH3 is 1. The van der Waals surface area contributed by atoms with E-state index >= 15 is 0 Å². The SMILES string of the molecule is CCNCC(C)C(=O)NCc1ccnc(OC)c1. The van der Waals surface area contributed by atoms with Crippen molar-refractivity contribution in [1.82, 2.24) is 15.6 Å². The summed E-state index contributed by atoms with van der Waals surface area (Å²) < 4.78 is 5.03. The van der Waals surface area contributed by atoms with Gasteiger partial charge in [-0.25, -0.2) is 4.98 Å². The molecule has 1 atom stereocenters. The lowest BCUT2D eigenvalue weighted by atomic mass is 10.1. The first-order valence-corrected chi connectivity index (χ1v) is 6.14. The molecule has 100 valence electrons. The summed E-state index contributed by atoms with van der Waals surface area (Å²) in [7, 11) is 1.57. The van der Waals surface area contributed by atoms with E-state index in [0.717, 1.165) is 12.1 Å². The normalized spacial score (nSPS) is 11.9. The second-order valence-electron chi connectivity index (χ2n) is 4.13. The third kappa shape index (κ3) is 4.71. The van der Waals surface area contributed by atoms with Crippen LogP contribution >= 0.6 is 0 Å². The molecule has 1 aromatic heterocycles. The molecule has 0 spiro atoms. The maximum atomic E-state index is 11.8. The second-order valence-corrected chi connectivity index (χ2v) is 4.13. The van der Waals surface area contributed by atoms with E-state index in [4.69, 9.17) is 4.74 Å². The van der Waals surface area contributed by atoms with Gasteiger partial charge in [-0.15, -0.1) is 0 Å². The molecule has 0 aliphatic rings. The molecular formula is C13H21N3O2. The van der Waals surface area contributed by atoms with Gasteiger partial charge in [-0.1, -0.05) is 13.8 Å². The Hall–Kier alpha value is -1.62. The summed E-state index contributed by atoms with van der Waals surface area (Å²) in [5.74, 6) is 0.572. The first kappa shape index (κ1) is 14.4. The maximum absolute atomic E-state index is 11.8. The highest BCUT2D eigenvalue weighted by Crippen LogP contribution is 2.08. The summed E-state index contributed by atoms with van der Waals surface area (Å²) in [4.78, 5) is 15.8. The molecule has 0 aliphatic heterocycles. The molecule has 0 fully saturated rings. The van der Waals surface area contributed by atoms with E-state index in [2.05, 4.69) is 15.6 Å². The quantitative estimate of drug-likeness (QED) is 0.757. The molecule has 0 saturated carbocycles. The highest BCUT2D eigenvalue weighted by Gasteiger charge is 2.11. The van der Waals surface area contributed by atoms with Crippen LogP contribution < -0.4 is 15.4 Å². The van der Waals surface area contributed by atoms with Crippen LogP contribution in [0.15, 0.2) is 18.3 Å². The lowest BCUT2D eigenvalue weighted by Gasteiger charge is -2.12. The predicted molar refractivity (Wildman–Crippen MR) is 70.3 cm³/mol. The van der Waals surface area contributed by atoms with Gasteiger partial charge < -0.3 is 15.4 Å². The van der Waals surface area contributed by atoms with Crippen molar-refractivity contribution >= 4 is 5.91 Å². The van der Waals surface area contributed by atoms with E-state index in [-0.39, 0.29) is 11.8 Å². The fraction of sp³-hybridized carbons (Fsp3) is 0.538. The van der Waals surface area contributed by atoms with Gasteiger partial charge in [0.15, 0.2) is 0 Å². The molecule has 0 saturated heterocycles. The van der Waals surface area contributed by atoms with Crippen molar-refractivity contribution < 1.29 is 9.53 Å². The van der Waals surface area contributed by atoms with Crippen LogP contribution in [0.25, 0.3) is 0 Å². The zero-order chi connectivity index (χ0) is 13.4. The highest BCUT2D eigenvalue weighted by atomic mass is 16.5. The van der Waals surface area contributed by atoms with Crippen molar-refractivity contribution in [3.63, 3.8) is 0 Å². The smallest absolute Gasteiger partial charge is 0.224 e. The number of aromatic nitrogens is 1. The summed E-state index contributed by atoms with van der Waals surface area (Å²) in [6.45, 7) is 5.99. The number of carbonyl (C=O) groups excluding carboxylic acids is 1. The zero-order valence-electron chi connectivity index (χ0n) is 11.2. The van der Waals surface area contributed by atoms with Gasteiger partial charge in [0.05, 0.1) is 7.11 Å². The Morgan fingerprint density at radius 2 is 2.33 bits per heavy atom. The first-order chi connectivity index (χ1) is 8.67. The van der Waals surface area contributed by atoms with E-state index in [1.807, 2.05) is 26.0 Å². The fourth-order valence-corrected chi connectivity index (χ4v) is 1.49. The van der Waals surface area contributed by atoms with Crippen LogP contribution in [-0.4, -0.2) is 31.1 Å². The maximum Gasteiger partial charge on any atom is 0.224 e. The summed E-state index contributed by atoms with van der Waals surface area (Å²) in [5.41, 5.74) is 0.978. The van der Waals surface area contributed by atoms with Crippen molar-refractivity contribution in [1.29, 1.82) is 0 Å². The van der Waals surface area contributed by atoms with Crippen molar-refractivity contribution in [3.05, 3.63) is 23.9 Å². The highest BCUT2D eigenvalue weighted by molar-refractivity contribution is 5.78. The third-order valence-electron chi connectivity index (χ3n) is 2.62. The molecule has 0 aromatic carbocycles. The van der Waals surface area contributed by atoms with Gasteiger partial charge in [-0.2, -0.15) is 0 Å². The van der Waals surface area contributed by atoms with Crippen LogP contribution in [0.4, 0.5) is 0 Å². The number of nitrogens with zero attached hydrogens (tertiary/aromatic N) is 1. The second kappa shape index (κ2) is 7.66. The van der Waals surface area contributed by atoms with E-state index in [9.17, 15) is 4.79 Å². The summed E-state index contributed by atoms with van der Waals surface area (Å²) >= 11 is 0. The Morgan fingerprint density at radius 1 is 1.56 bits per heavy atom. The molecule has 1 heterocycles. The Morgan fingerprint density at radius 3 is 3.00 bits per heavy atom. The number of hydrogen-bond acceptors (Lipinski definition) is 4. The fourth-order valence-electron chi connectivity index (χ4n) is 1.49. The molecular weight excluding hydrogens is 230 g/mol. The molecule has 1 amide bonds. The van der Waals surface area contributed by atoms with Gasteiger partial charge in [0, 0.05) is 31.3 Å². The lowest BCUT2D eigenvalue weighted by molar-refractivity contribution is -0.124. The Labute approximate surface area is 108 Å². The summed E-state index contributed by atoms with van der Waals surface area (Å²) in [6.07, 6.45) is 1.67. The van der Waals surface area contributed by atoms with Crippen molar-refractivity contribution in [3.8, 4) is 5.88 Å². The van der Waals surface area contributed by atoms with E-state index in [1.165, 1.54) is 0 Å². The van der Waals surface area contributed by atoms with Crippen molar-refractivity contribution in [2.45, 2.75) is 20.4 Å². The minimum Gasteiger partial charge on any atom is -0.481 e. The van der Waals surface area contributed by atoms with Gasteiger partial charge in [0.1, 0.15) is 0 Å². The largest absolute Gasteiger partial charge is 0.481 e. The molecule has 0 bridgehead atoms. The van der Waals surface area contributed by atoms with Gasteiger partial charge in [0.25, 0.3) is 0 Å². The predicted octanol–water partition coefficient (Wildman–Crippen LogP) is 0.952. The topological polar surface area (TPSA) is 63.2 Å². The van der Waals surface area contributed by atoms with Gasteiger partial charge in [-0.05, 0) is 18.2 Å². The molecule has 2 N–H and O–H groups in total. The number of pyridine rings is 1. The first-order valence-electron chi connectivity index (χ1n) is 6.14. The average Bonchev–Trinajstić information content (AvgIpc) is 2.42. The van der Waals surface area contributed by atoms with Gasteiger partial charge in [0.2, 0.25) is 11.8 Å². The molecule has 0 aliphatic carbocycles. The number of carbonyl (C=O) groups is 1. The third-order valence-corrected chi connectivity index (χ3v) is 2.62. The molecule has 1 rings (SSSR count). The Kier molecular flexibility index (Phi) is 6.14. The summed E-state index contributed by atoms with van der Waals surface area (Å²) in [6, 6.07) is 3.67. The average molecular weight is 251 g/mol. The van der Waals surface area contributed by atoms with Crippen LogP contribution in [0.5, 0.6) is 5.88 Å². The van der Waals surface area contributed by atoms with E-state index in [0.29, 0.717) is 19.0 Å². The molecule has 5 nitrogen and oxygen atoms in total. The van der Waals surface area contributed by atoms with Crippen LogP contribution in [-0.2, 0) is 11.3 Å². The number of rotatable bonds is 7. The van der Waals surface area contributed by atoms with Crippen LogP contribution in [0, 0.1) is 5.92 Å². The minimum absolute atomic E-state index is 0.0336. The van der Waals surface area contributed by atoms with E-state index < -0.39 is 0 Å². The molecule has 5 heteroatoms. The minimum atomic E-state index is -0.0336. The van der Waals surface area contributed by atoms with Crippen LogP contribution in [0.3, 0.4) is 0 Å². The number of amides is 1. The zero-order valence-corrected chi connectivity index (χ0v) is 11.2. The van der Waals surface area contributed by atoms with E-state index in [1.54, 1.807) is 13.3 Å². The molecule has 18 heavy (non-hydrogen) atoms. The molecule has 1 unspecified atom stereocenters.